The molecule has 3 heteroatoms. The average molecular weight is 422 g/mol. The van der Waals surface area contributed by atoms with Crippen LogP contribution in [0.25, 0.3) is 0 Å². The topological polar surface area (TPSA) is 26.3 Å². The quantitative estimate of drug-likeness (QED) is 0.428. The molecule has 130 valence electrons. The minimum absolute atomic E-state index is 0.0883. The number of Topliss-reactive ketones (excluding diaryl/α,β-unsaturated/α-hetero) is 1. The molecule has 2 saturated carbocycles. The van der Waals surface area contributed by atoms with Gasteiger partial charge in [-0.05, 0) is 0 Å². The van der Waals surface area contributed by atoms with Crippen LogP contribution in [-0.2, 0) is 9.53 Å². The molecule has 5 unspecified atom stereocenters. The third-order valence-electron chi connectivity index (χ3n) is 5.47. The Kier molecular flexibility index (Phi) is 6.37. The Morgan fingerprint density at radius 3 is 2.36 bits per heavy atom. The number of hydrogen-bond donors (Lipinski definition) is 0. The van der Waals surface area contributed by atoms with Gasteiger partial charge in [-0.25, -0.2) is 0 Å². The van der Waals surface area contributed by atoms with Gasteiger partial charge in [0.25, 0.3) is 0 Å². The van der Waals surface area contributed by atoms with Crippen molar-refractivity contribution in [1.82, 2.24) is 0 Å². The predicted octanol–water partition coefficient (Wildman–Crippen LogP) is 4.97. The molecule has 2 nitrogen and oxygen atoms in total. The van der Waals surface area contributed by atoms with Crippen LogP contribution in [0.5, 0.6) is 0 Å². The molecule has 5 atom stereocenters. The van der Waals surface area contributed by atoms with E-state index in [-0.39, 0.29) is 17.4 Å². The maximum absolute atomic E-state index is 12.8. The first-order valence-electron chi connectivity index (χ1n) is 8.81. The molecule has 2 aliphatic carbocycles. The summed E-state index contributed by atoms with van der Waals surface area (Å²) in [5, 5.41) is 0. The molecule has 2 rings (SSSR count). The molecule has 22 heavy (non-hydrogen) atoms. The van der Waals surface area contributed by atoms with Crippen LogP contribution in [0.15, 0.2) is 0 Å². The molecule has 0 radical (unpaired) electrons. The number of fused-ring (bicyclic) bond motifs is 2. The van der Waals surface area contributed by atoms with E-state index in [2.05, 4.69) is 37.6 Å². The van der Waals surface area contributed by atoms with Crippen molar-refractivity contribution in [1.29, 1.82) is 0 Å². The third-order valence-corrected chi connectivity index (χ3v) is 8.11. The number of rotatable bonds is 7. The number of halogens is 1. The first-order chi connectivity index (χ1) is 10.2. The van der Waals surface area contributed by atoms with Crippen LogP contribution >= 0.6 is 19.8 Å². The summed E-state index contributed by atoms with van der Waals surface area (Å²) < 4.78 is 7.42. The Labute approximate surface area is 144 Å². The molecule has 0 heterocycles. The van der Waals surface area contributed by atoms with Crippen LogP contribution in [0.3, 0.4) is 0 Å². The second-order valence-corrected chi connectivity index (χ2v) is 14.9. The van der Waals surface area contributed by atoms with Crippen LogP contribution in [0, 0.1) is 23.2 Å². The summed E-state index contributed by atoms with van der Waals surface area (Å²) >= 11 is -0.897. The zero-order valence-corrected chi connectivity index (χ0v) is 17.5. The van der Waals surface area contributed by atoms with Gasteiger partial charge in [0.1, 0.15) is 0 Å². The average Bonchev–Trinajstić information content (AvgIpc) is 2.96. The van der Waals surface area contributed by atoms with Crippen LogP contribution < -0.4 is 0 Å². The van der Waals surface area contributed by atoms with E-state index in [9.17, 15) is 4.79 Å². The molecule has 2 bridgehead atoms. The zero-order valence-electron chi connectivity index (χ0n) is 15.3. The molecule has 0 aromatic rings. The van der Waals surface area contributed by atoms with Gasteiger partial charge in [-0.15, -0.1) is 0 Å². The molecule has 0 saturated heterocycles. The Morgan fingerprint density at radius 2 is 1.91 bits per heavy atom. The summed E-state index contributed by atoms with van der Waals surface area (Å²) in [6, 6.07) is 0. The molecule has 2 fully saturated rings. The number of ketones is 1. The molecule has 0 aromatic heterocycles. The van der Waals surface area contributed by atoms with E-state index in [1.54, 1.807) is 0 Å². The van der Waals surface area contributed by atoms with Gasteiger partial charge in [-0.3, -0.25) is 0 Å². The van der Waals surface area contributed by atoms with Crippen LogP contribution in [0.2, 0.25) is 0 Å². The van der Waals surface area contributed by atoms with Crippen molar-refractivity contribution in [2.24, 2.45) is 23.2 Å². The second kappa shape index (κ2) is 7.50. The molecule has 0 N–H and O–H groups in total. The van der Waals surface area contributed by atoms with Crippen molar-refractivity contribution in [2.45, 2.75) is 72.0 Å². The molecule has 0 amide bonds. The van der Waals surface area contributed by atoms with Gasteiger partial charge in [0.15, 0.2) is 0 Å². The Hall–Kier alpha value is 0.360. The van der Waals surface area contributed by atoms with Gasteiger partial charge >= 0.3 is 145 Å². The van der Waals surface area contributed by atoms with Crippen molar-refractivity contribution in [3.8, 4) is 0 Å². The summed E-state index contributed by atoms with van der Waals surface area (Å²) in [5.74, 6) is 2.35. The number of hydrogen-bond acceptors (Lipinski definition) is 2. The predicted molar refractivity (Wildman–Crippen MR) is 103 cm³/mol. The van der Waals surface area contributed by atoms with E-state index in [4.69, 9.17) is 4.74 Å². The van der Waals surface area contributed by atoms with E-state index in [1.807, 2.05) is 0 Å². The fourth-order valence-electron chi connectivity index (χ4n) is 4.23. The van der Waals surface area contributed by atoms with E-state index in [0.29, 0.717) is 18.3 Å². The van der Waals surface area contributed by atoms with E-state index in [0.717, 1.165) is 16.3 Å². The fraction of sp³-hybridized carbons (Fsp3) is 0.947. The molecular formula is C19H35IO2. The van der Waals surface area contributed by atoms with Gasteiger partial charge in [-0.1, -0.05) is 0 Å². The first-order valence-corrected chi connectivity index (χ1v) is 14.6. The fourth-order valence-corrected chi connectivity index (χ4v) is 7.81. The SMILES string of the molecule is CC(CC(=O)C(CI(C)C)C(C)(C)C)OC1CC2CCC1C2. The molecule has 0 aliphatic heterocycles. The summed E-state index contributed by atoms with van der Waals surface area (Å²) in [4.78, 5) is 17.5. The molecule has 0 spiro atoms. The van der Waals surface area contributed by atoms with Crippen LogP contribution in [0.4, 0.5) is 0 Å². The van der Waals surface area contributed by atoms with E-state index in [1.165, 1.54) is 25.7 Å². The number of carbonyl (C=O) groups excluding carboxylic acids is 1. The maximum atomic E-state index is 12.8. The Bertz CT molecular complexity index is 385. The van der Waals surface area contributed by atoms with Gasteiger partial charge in [0.05, 0.1) is 0 Å². The summed E-state index contributed by atoms with van der Waals surface area (Å²) in [5.41, 5.74) is 0.0883. The summed E-state index contributed by atoms with van der Waals surface area (Å²) in [7, 11) is 0. The molecule has 2 aliphatic rings. The van der Waals surface area contributed by atoms with Crippen molar-refractivity contribution in [2.75, 3.05) is 14.3 Å². The zero-order chi connectivity index (χ0) is 16.5. The standard InChI is InChI=1S/C19H35IO2/c1-13(22-18-11-14-7-8-15(18)10-14)9-17(21)16(12-20(5)6)19(2,3)4/h13-16,18H,7-12H2,1-6H3. The first kappa shape index (κ1) is 18.7. The normalized spacial score (nSPS) is 31.2. The Morgan fingerprint density at radius 1 is 1.23 bits per heavy atom. The van der Waals surface area contributed by atoms with Gasteiger partial charge in [0, 0.05) is 0 Å². The van der Waals surface area contributed by atoms with Crippen molar-refractivity contribution in [3.63, 3.8) is 0 Å². The molecular weight excluding hydrogens is 387 g/mol. The number of alkyl halides is 3. The monoisotopic (exact) mass is 422 g/mol. The third kappa shape index (κ3) is 4.93. The van der Waals surface area contributed by atoms with Gasteiger partial charge < -0.3 is 0 Å². The van der Waals surface area contributed by atoms with E-state index >= 15 is 0 Å². The van der Waals surface area contributed by atoms with Gasteiger partial charge in [-0.2, -0.15) is 0 Å². The number of carbonyl (C=O) groups is 1. The van der Waals surface area contributed by atoms with Crippen LogP contribution in [0.1, 0.15) is 59.8 Å². The van der Waals surface area contributed by atoms with E-state index < -0.39 is 19.8 Å². The van der Waals surface area contributed by atoms with Crippen LogP contribution in [-0.4, -0.2) is 32.3 Å². The van der Waals surface area contributed by atoms with Crippen molar-refractivity contribution < 1.29 is 9.53 Å². The second-order valence-electron chi connectivity index (χ2n) is 8.82. The minimum atomic E-state index is -0.897. The number of ether oxygens (including phenoxy) is 1. The van der Waals surface area contributed by atoms with Crippen molar-refractivity contribution in [3.05, 3.63) is 0 Å². The summed E-state index contributed by atoms with van der Waals surface area (Å²) in [6.45, 7) is 8.77. The Balaban J connectivity index is 1.86. The summed E-state index contributed by atoms with van der Waals surface area (Å²) in [6.07, 6.45) is 6.51. The van der Waals surface area contributed by atoms with Crippen molar-refractivity contribution >= 4 is 25.6 Å². The van der Waals surface area contributed by atoms with Gasteiger partial charge in [0.2, 0.25) is 0 Å². The molecule has 0 aromatic carbocycles.